The number of fused-ring (bicyclic) bond motifs is 1. The molecule has 1 fully saturated rings. The Morgan fingerprint density at radius 3 is 2.42 bits per heavy atom. The second-order valence-electron chi connectivity index (χ2n) is 8.82. The second kappa shape index (κ2) is 8.98. The molecule has 36 heavy (non-hydrogen) atoms. The van der Waals surface area contributed by atoms with Crippen LogP contribution in [0.25, 0.3) is 27.6 Å². The third-order valence-corrected chi connectivity index (χ3v) is 6.51. The molecule has 0 spiro atoms. The Bertz CT molecular complexity index is 1530. The van der Waals surface area contributed by atoms with Crippen LogP contribution in [0.1, 0.15) is 18.4 Å². The summed E-state index contributed by atoms with van der Waals surface area (Å²) in [5, 5.41) is 20.5. The maximum Gasteiger partial charge on any atom is 0.247 e. The number of nitriles is 1. The van der Waals surface area contributed by atoms with E-state index in [1.807, 2.05) is 0 Å². The molecule has 5 rings (SSSR count). The van der Waals surface area contributed by atoms with Gasteiger partial charge in [-0.2, -0.15) is 5.26 Å². The number of ketones is 2. The van der Waals surface area contributed by atoms with Gasteiger partial charge in [-0.05, 0) is 48.2 Å². The first kappa shape index (κ1) is 23.3. The first-order valence-corrected chi connectivity index (χ1v) is 11.3. The maximum absolute atomic E-state index is 14.1. The highest BCUT2D eigenvalue weighted by molar-refractivity contribution is 6.51. The molecule has 0 bridgehead atoms. The predicted molar refractivity (Wildman–Crippen MR) is 130 cm³/mol. The van der Waals surface area contributed by atoms with Gasteiger partial charge in [-0.15, -0.1) is 0 Å². The molecular formula is C27H20F2N4O3. The topological polar surface area (TPSA) is 120 Å². The average Bonchev–Trinajstić information content (AvgIpc) is 2.85. The third kappa shape index (κ3) is 4.01. The van der Waals surface area contributed by atoms with Crippen molar-refractivity contribution in [2.45, 2.75) is 18.9 Å². The van der Waals surface area contributed by atoms with Gasteiger partial charge in [-0.3, -0.25) is 14.6 Å². The van der Waals surface area contributed by atoms with Crippen LogP contribution in [0, 0.1) is 23.0 Å². The first-order valence-electron chi connectivity index (χ1n) is 11.3. The number of allylic oxidation sites excluding steroid dienone is 3. The van der Waals surface area contributed by atoms with Gasteiger partial charge in [0.05, 0.1) is 11.2 Å². The van der Waals surface area contributed by atoms with E-state index in [-0.39, 0.29) is 11.6 Å². The number of piperidine rings is 1. The second-order valence-corrected chi connectivity index (χ2v) is 8.82. The molecule has 0 unspecified atom stereocenters. The minimum absolute atomic E-state index is 0.0341. The minimum Gasteiger partial charge on any atom is -0.506 e. The van der Waals surface area contributed by atoms with Gasteiger partial charge in [0.1, 0.15) is 29.0 Å². The summed E-state index contributed by atoms with van der Waals surface area (Å²) in [6.07, 6.45) is 4.00. The molecular weight excluding hydrogens is 466 g/mol. The fourth-order valence-corrected chi connectivity index (χ4v) is 4.68. The van der Waals surface area contributed by atoms with Crippen LogP contribution in [0.3, 0.4) is 0 Å². The molecule has 0 atom stereocenters. The predicted octanol–water partition coefficient (Wildman–Crippen LogP) is 3.98. The van der Waals surface area contributed by atoms with Gasteiger partial charge in [0.15, 0.2) is 0 Å². The minimum atomic E-state index is -1.07. The van der Waals surface area contributed by atoms with E-state index in [9.17, 15) is 28.7 Å². The van der Waals surface area contributed by atoms with E-state index < -0.39 is 34.5 Å². The van der Waals surface area contributed by atoms with Crippen LogP contribution < -0.4 is 10.6 Å². The highest BCUT2D eigenvalue weighted by atomic mass is 19.1. The molecule has 1 aromatic heterocycles. The Morgan fingerprint density at radius 2 is 1.75 bits per heavy atom. The van der Waals surface area contributed by atoms with Crippen LogP contribution in [-0.2, 0) is 9.59 Å². The van der Waals surface area contributed by atoms with Crippen molar-refractivity contribution in [3.63, 3.8) is 0 Å². The lowest BCUT2D eigenvalue weighted by molar-refractivity contribution is -0.131. The molecule has 2 aliphatic rings. The molecule has 0 amide bonds. The molecule has 0 saturated carbocycles. The smallest absolute Gasteiger partial charge is 0.247 e. The molecule has 1 aliphatic heterocycles. The number of rotatable bonds is 3. The van der Waals surface area contributed by atoms with Crippen LogP contribution in [0.4, 0.5) is 14.5 Å². The van der Waals surface area contributed by atoms with Crippen molar-refractivity contribution in [3.05, 3.63) is 77.2 Å². The number of carbonyl (C=O) groups excluding carboxylic acids is 2. The number of hydrogen-bond acceptors (Lipinski definition) is 7. The zero-order chi connectivity index (χ0) is 25.6. The van der Waals surface area contributed by atoms with Gasteiger partial charge in [-0.25, -0.2) is 8.78 Å². The van der Waals surface area contributed by atoms with Gasteiger partial charge < -0.3 is 15.7 Å². The SMILES string of the molecule is N#CC1=C(O)C(c2ccc3ncc(-c4cc(F)cc(F)c4)c(N4CCC(N)CC4)c3c2)=CC(=O)C1=O. The van der Waals surface area contributed by atoms with Crippen LogP contribution >= 0.6 is 0 Å². The van der Waals surface area contributed by atoms with Crippen molar-refractivity contribution in [2.24, 2.45) is 5.73 Å². The standard InChI is InChI=1S/C27H20F2N4O3/c28-16-7-15(8-17(29)10-16)22-13-32-23-2-1-14(19-11-24(34)27(36)21(12-30)26(19)35)9-20(23)25(22)33-5-3-18(31)4-6-33/h1-2,7-11,13,18,35H,3-6,31H2. The Morgan fingerprint density at radius 1 is 1.06 bits per heavy atom. The Labute approximate surface area is 204 Å². The van der Waals surface area contributed by atoms with Crippen LogP contribution in [-0.4, -0.2) is 40.8 Å². The lowest BCUT2D eigenvalue weighted by Crippen LogP contribution is -2.40. The summed E-state index contributed by atoms with van der Waals surface area (Å²) in [7, 11) is 0. The number of aromatic nitrogens is 1. The van der Waals surface area contributed by atoms with Gasteiger partial charge in [0.2, 0.25) is 11.6 Å². The summed E-state index contributed by atoms with van der Waals surface area (Å²) in [5.74, 6) is -4.00. The van der Waals surface area contributed by atoms with E-state index in [1.54, 1.807) is 30.5 Å². The summed E-state index contributed by atoms with van der Waals surface area (Å²) < 4.78 is 28.2. The fourth-order valence-electron chi connectivity index (χ4n) is 4.68. The van der Waals surface area contributed by atoms with Crippen LogP contribution in [0.2, 0.25) is 0 Å². The number of hydrogen-bond donors (Lipinski definition) is 2. The Kier molecular flexibility index (Phi) is 5.82. The van der Waals surface area contributed by atoms with Gasteiger partial charge in [0.25, 0.3) is 0 Å². The van der Waals surface area contributed by atoms with Crippen molar-refractivity contribution in [1.82, 2.24) is 4.98 Å². The quantitative estimate of drug-likeness (QED) is 0.424. The molecule has 1 aliphatic carbocycles. The average molecular weight is 486 g/mol. The fraction of sp³-hybridized carbons (Fsp3) is 0.185. The van der Waals surface area contributed by atoms with E-state index in [4.69, 9.17) is 5.73 Å². The van der Waals surface area contributed by atoms with Gasteiger partial charge in [-0.1, -0.05) is 6.07 Å². The van der Waals surface area contributed by atoms with Crippen molar-refractivity contribution in [3.8, 4) is 17.2 Å². The first-order chi connectivity index (χ1) is 17.3. The van der Waals surface area contributed by atoms with Gasteiger partial charge in [0, 0.05) is 54.0 Å². The monoisotopic (exact) mass is 486 g/mol. The largest absolute Gasteiger partial charge is 0.506 e. The normalized spacial score (nSPS) is 16.9. The van der Waals surface area contributed by atoms with E-state index in [1.165, 1.54) is 12.1 Å². The lowest BCUT2D eigenvalue weighted by atomic mass is 9.90. The molecule has 1 saturated heterocycles. The summed E-state index contributed by atoms with van der Waals surface area (Å²) >= 11 is 0. The number of aliphatic hydroxyl groups is 1. The van der Waals surface area contributed by atoms with Crippen molar-refractivity contribution in [1.29, 1.82) is 5.26 Å². The van der Waals surface area contributed by atoms with E-state index in [2.05, 4.69) is 9.88 Å². The molecule has 180 valence electrons. The zero-order valence-electron chi connectivity index (χ0n) is 19.0. The van der Waals surface area contributed by atoms with E-state index in [0.717, 1.165) is 25.0 Å². The van der Waals surface area contributed by atoms with Crippen molar-refractivity contribution in [2.75, 3.05) is 18.0 Å². The number of nitrogens with zero attached hydrogens (tertiary/aromatic N) is 3. The number of halogens is 2. The number of anilines is 1. The lowest BCUT2D eigenvalue weighted by Gasteiger charge is -2.34. The highest BCUT2D eigenvalue weighted by Gasteiger charge is 2.30. The molecule has 9 heteroatoms. The number of benzene rings is 2. The zero-order valence-corrected chi connectivity index (χ0v) is 19.0. The maximum atomic E-state index is 14.1. The Hall–Kier alpha value is -4.42. The Balaban J connectivity index is 1.75. The number of Topliss-reactive ketones (excluding diaryl/α,β-unsaturated/α-hetero) is 1. The molecule has 0 radical (unpaired) electrons. The third-order valence-electron chi connectivity index (χ3n) is 6.51. The van der Waals surface area contributed by atoms with Crippen LogP contribution in [0.5, 0.6) is 0 Å². The molecule has 3 N–H and O–H groups in total. The van der Waals surface area contributed by atoms with Crippen molar-refractivity contribution < 1.29 is 23.5 Å². The number of carbonyl (C=O) groups is 2. The number of aliphatic hydroxyl groups excluding tert-OH is 1. The van der Waals surface area contributed by atoms with Gasteiger partial charge >= 0.3 is 0 Å². The molecule has 2 heterocycles. The highest BCUT2D eigenvalue weighted by Crippen LogP contribution is 2.40. The number of nitrogens with two attached hydrogens (primary N) is 1. The van der Waals surface area contributed by atoms with Crippen molar-refractivity contribution >= 4 is 33.7 Å². The summed E-state index contributed by atoms with van der Waals surface area (Å²) in [5.41, 5.74) is 7.97. The number of pyridine rings is 1. The summed E-state index contributed by atoms with van der Waals surface area (Å²) in [6, 6.07) is 9.89. The molecule has 3 aromatic rings. The van der Waals surface area contributed by atoms with E-state index >= 15 is 0 Å². The van der Waals surface area contributed by atoms with E-state index in [0.29, 0.717) is 46.4 Å². The summed E-state index contributed by atoms with van der Waals surface area (Å²) in [4.78, 5) is 30.7. The van der Waals surface area contributed by atoms with Crippen LogP contribution in [0.15, 0.2) is 60.0 Å². The summed E-state index contributed by atoms with van der Waals surface area (Å²) in [6.45, 7) is 1.21. The molecule has 7 nitrogen and oxygen atoms in total. The molecule has 2 aromatic carbocycles.